The molecule has 3 heterocycles. The van der Waals surface area contributed by atoms with Gasteiger partial charge in [-0.05, 0) is 38.3 Å². The molecule has 6 nitrogen and oxygen atoms in total. The Morgan fingerprint density at radius 1 is 1.41 bits per heavy atom. The SMILES string of the molecule is Cc1cc(N)n(CC(=O)N2CCCC[C@H]2c2ccccn2)n1. The van der Waals surface area contributed by atoms with Crippen LogP contribution >= 0.6 is 0 Å². The molecule has 0 aliphatic carbocycles. The number of nitrogen functional groups attached to an aromatic ring is 1. The van der Waals surface area contributed by atoms with Crippen molar-refractivity contribution < 1.29 is 4.79 Å². The first-order valence-electron chi connectivity index (χ1n) is 7.65. The van der Waals surface area contributed by atoms with Crippen LogP contribution in [-0.4, -0.2) is 32.1 Å². The molecular formula is C16H21N5O. The summed E-state index contributed by atoms with van der Waals surface area (Å²) in [7, 11) is 0. The molecule has 0 unspecified atom stereocenters. The fourth-order valence-corrected chi connectivity index (χ4v) is 3.02. The highest BCUT2D eigenvalue weighted by molar-refractivity contribution is 5.77. The summed E-state index contributed by atoms with van der Waals surface area (Å²) in [5.41, 5.74) is 7.67. The number of likely N-dealkylation sites (tertiary alicyclic amines) is 1. The summed E-state index contributed by atoms with van der Waals surface area (Å²) in [6, 6.07) is 7.68. The van der Waals surface area contributed by atoms with Gasteiger partial charge in [-0.2, -0.15) is 5.10 Å². The van der Waals surface area contributed by atoms with Crippen molar-refractivity contribution in [3.8, 4) is 0 Å². The molecule has 0 radical (unpaired) electrons. The minimum absolute atomic E-state index is 0.0464. The second kappa shape index (κ2) is 6.17. The molecule has 2 aromatic rings. The average molecular weight is 299 g/mol. The number of pyridine rings is 1. The van der Waals surface area contributed by atoms with E-state index in [9.17, 15) is 4.79 Å². The van der Waals surface area contributed by atoms with Crippen LogP contribution in [0, 0.1) is 6.92 Å². The lowest BCUT2D eigenvalue weighted by atomic mass is 9.98. The van der Waals surface area contributed by atoms with Crippen LogP contribution in [0.2, 0.25) is 0 Å². The number of carbonyl (C=O) groups is 1. The van der Waals surface area contributed by atoms with Crippen molar-refractivity contribution in [1.82, 2.24) is 19.7 Å². The Hall–Kier alpha value is -2.37. The molecule has 116 valence electrons. The minimum atomic E-state index is 0.0464. The van der Waals surface area contributed by atoms with Crippen LogP contribution in [0.15, 0.2) is 30.5 Å². The lowest BCUT2D eigenvalue weighted by Gasteiger charge is -2.35. The number of carbonyl (C=O) groups excluding carboxylic acids is 1. The molecule has 0 aromatic carbocycles. The third-order valence-corrected chi connectivity index (χ3v) is 4.07. The van der Waals surface area contributed by atoms with Gasteiger partial charge >= 0.3 is 0 Å². The topological polar surface area (TPSA) is 77.0 Å². The lowest BCUT2D eigenvalue weighted by molar-refractivity contribution is -0.136. The summed E-state index contributed by atoms with van der Waals surface area (Å²) in [5, 5.41) is 4.27. The zero-order valence-electron chi connectivity index (χ0n) is 12.8. The Bertz CT molecular complexity index is 652. The van der Waals surface area contributed by atoms with Gasteiger partial charge in [0.2, 0.25) is 5.91 Å². The number of amides is 1. The molecule has 1 aliphatic heterocycles. The number of rotatable bonds is 3. The monoisotopic (exact) mass is 299 g/mol. The summed E-state index contributed by atoms with van der Waals surface area (Å²) in [6.07, 6.45) is 4.88. The highest BCUT2D eigenvalue weighted by Crippen LogP contribution is 2.29. The highest BCUT2D eigenvalue weighted by Gasteiger charge is 2.29. The first-order chi connectivity index (χ1) is 10.6. The number of anilines is 1. The van der Waals surface area contributed by atoms with Crippen LogP contribution < -0.4 is 5.73 Å². The summed E-state index contributed by atoms with van der Waals surface area (Å²) in [6.45, 7) is 2.82. The van der Waals surface area contributed by atoms with Crippen molar-refractivity contribution in [1.29, 1.82) is 0 Å². The molecule has 22 heavy (non-hydrogen) atoms. The molecule has 0 spiro atoms. The molecule has 1 atom stereocenters. The predicted molar refractivity (Wildman–Crippen MR) is 83.9 cm³/mol. The van der Waals surface area contributed by atoms with Crippen molar-refractivity contribution in [2.75, 3.05) is 12.3 Å². The van der Waals surface area contributed by atoms with Gasteiger partial charge in [0.15, 0.2) is 0 Å². The number of hydrogen-bond donors (Lipinski definition) is 1. The Kier molecular flexibility index (Phi) is 4.09. The zero-order chi connectivity index (χ0) is 15.5. The smallest absolute Gasteiger partial charge is 0.244 e. The lowest BCUT2D eigenvalue weighted by Crippen LogP contribution is -2.40. The Labute approximate surface area is 129 Å². The number of nitrogens with zero attached hydrogens (tertiary/aromatic N) is 4. The molecule has 3 rings (SSSR count). The molecule has 1 fully saturated rings. The van der Waals surface area contributed by atoms with E-state index in [0.29, 0.717) is 5.82 Å². The third kappa shape index (κ3) is 2.95. The van der Waals surface area contributed by atoms with E-state index in [1.165, 1.54) is 0 Å². The van der Waals surface area contributed by atoms with Gasteiger partial charge in [0.05, 0.1) is 17.4 Å². The molecule has 2 N–H and O–H groups in total. The summed E-state index contributed by atoms with van der Waals surface area (Å²) in [5.74, 6) is 0.572. The van der Waals surface area contributed by atoms with Crippen molar-refractivity contribution in [3.63, 3.8) is 0 Å². The van der Waals surface area contributed by atoms with Gasteiger partial charge in [-0.25, -0.2) is 4.68 Å². The van der Waals surface area contributed by atoms with Gasteiger partial charge < -0.3 is 10.6 Å². The van der Waals surface area contributed by atoms with Crippen LogP contribution in [0.4, 0.5) is 5.82 Å². The molecule has 1 amide bonds. The van der Waals surface area contributed by atoms with E-state index in [-0.39, 0.29) is 18.5 Å². The van der Waals surface area contributed by atoms with E-state index >= 15 is 0 Å². The largest absolute Gasteiger partial charge is 0.384 e. The third-order valence-electron chi connectivity index (χ3n) is 4.07. The molecular weight excluding hydrogens is 278 g/mol. The summed E-state index contributed by atoms with van der Waals surface area (Å²) in [4.78, 5) is 19.0. The Morgan fingerprint density at radius 3 is 2.95 bits per heavy atom. The van der Waals surface area contributed by atoms with Crippen molar-refractivity contribution in [2.45, 2.75) is 38.8 Å². The van der Waals surface area contributed by atoms with Crippen LogP contribution in [-0.2, 0) is 11.3 Å². The van der Waals surface area contributed by atoms with Crippen molar-refractivity contribution in [3.05, 3.63) is 41.9 Å². The van der Waals surface area contributed by atoms with E-state index in [1.54, 1.807) is 16.9 Å². The van der Waals surface area contributed by atoms with Crippen LogP contribution in [0.25, 0.3) is 0 Å². The minimum Gasteiger partial charge on any atom is -0.384 e. The normalized spacial score (nSPS) is 18.4. The summed E-state index contributed by atoms with van der Waals surface area (Å²) < 4.78 is 1.57. The molecule has 1 aliphatic rings. The predicted octanol–water partition coefficient (Wildman–Crippen LogP) is 1.92. The van der Waals surface area contributed by atoms with Gasteiger partial charge in [0.1, 0.15) is 12.4 Å². The first-order valence-corrected chi connectivity index (χ1v) is 7.65. The number of aromatic nitrogens is 3. The van der Waals surface area contributed by atoms with Crippen LogP contribution in [0.5, 0.6) is 0 Å². The average Bonchev–Trinajstić information content (AvgIpc) is 2.85. The quantitative estimate of drug-likeness (QED) is 0.939. The van der Waals surface area contributed by atoms with Crippen molar-refractivity contribution >= 4 is 11.7 Å². The fourth-order valence-electron chi connectivity index (χ4n) is 3.02. The van der Waals surface area contributed by atoms with Gasteiger partial charge in [-0.1, -0.05) is 6.07 Å². The van der Waals surface area contributed by atoms with Gasteiger partial charge in [0.25, 0.3) is 0 Å². The molecule has 2 aromatic heterocycles. The molecule has 0 saturated carbocycles. The van der Waals surface area contributed by atoms with E-state index in [1.807, 2.05) is 30.0 Å². The molecule has 6 heteroatoms. The maximum Gasteiger partial charge on any atom is 0.244 e. The molecule has 1 saturated heterocycles. The standard InChI is InChI=1S/C16H21N5O/c1-12-10-15(17)21(19-12)11-16(22)20-9-5-3-7-14(20)13-6-2-4-8-18-13/h2,4,6,8,10,14H,3,5,7,9,11,17H2,1H3/t14-/m0/s1. The van der Waals surface area contributed by atoms with E-state index < -0.39 is 0 Å². The first kappa shape index (κ1) is 14.6. The number of nitrogens with two attached hydrogens (primary N) is 1. The van der Waals surface area contributed by atoms with Gasteiger partial charge in [-0.15, -0.1) is 0 Å². The fraction of sp³-hybridized carbons (Fsp3) is 0.438. The van der Waals surface area contributed by atoms with Gasteiger partial charge in [-0.3, -0.25) is 9.78 Å². The number of piperidine rings is 1. The molecule has 0 bridgehead atoms. The maximum absolute atomic E-state index is 12.7. The van der Waals surface area contributed by atoms with Crippen molar-refractivity contribution in [2.24, 2.45) is 0 Å². The van der Waals surface area contributed by atoms with E-state index in [4.69, 9.17) is 5.73 Å². The van der Waals surface area contributed by atoms with Crippen LogP contribution in [0.3, 0.4) is 0 Å². The highest BCUT2D eigenvalue weighted by atomic mass is 16.2. The second-order valence-electron chi connectivity index (χ2n) is 5.72. The summed E-state index contributed by atoms with van der Waals surface area (Å²) >= 11 is 0. The Balaban J connectivity index is 1.78. The number of aryl methyl sites for hydroxylation is 1. The maximum atomic E-state index is 12.7. The number of hydrogen-bond acceptors (Lipinski definition) is 4. The van der Waals surface area contributed by atoms with E-state index in [0.717, 1.165) is 37.2 Å². The zero-order valence-corrected chi connectivity index (χ0v) is 12.8. The van der Waals surface area contributed by atoms with E-state index in [2.05, 4.69) is 10.1 Å². The van der Waals surface area contributed by atoms with Gasteiger partial charge in [0, 0.05) is 18.8 Å². The second-order valence-corrected chi connectivity index (χ2v) is 5.72. The Morgan fingerprint density at radius 2 is 2.27 bits per heavy atom. The van der Waals surface area contributed by atoms with Crippen LogP contribution in [0.1, 0.15) is 36.7 Å².